The molecule has 3 heteroatoms. The maximum atomic E-state index is 12.6. The van der Waals surface area contributed by atoms with Crippen LogP contribution in [0.3, 0.4) is 0 Å². The molecule has 0 aromatic rings. The molecule has 0 aromatic carbocycles. The Morgan fingerprint density at radius 2 is 0.718 bits per heavy atom. The summed E-state index contributed by atoms with van der Waals surface area (Å²) in [6, 6.07) is 0. The van der Waals surface area contributed by atoms with Crippen LogP contribution in [0.1, 0.15) is 213 Å². The molecular weight excluding hydrogens is 480 g/mol. The van der Waals surface area contributed by atoms with Crippen LogP contribution in [-0.2, 0) is 14.3 Å². The van der Waals surface area contributed by atoms with Crippen molar-refractivity contribution in [3.8, 4) is 0 Å². The van der Waals surface area contributed by atoms with Crippen LogP contribution in [0.2, 0.25) is 0 Å². The summed E-state index contributed by atoms with van der Waals surface area (Å²) in [6.45, 7) is 6.76. The Hall–Kier alpha value is -0.860. The third kappa shape index (κ3) is 29.9. The zero-order valence-electron chi connectivity index (χ0n) is 27.0. The Labute approximate surface area is 245 Å². The van der Waals surface area contributed by atoms with Crippen molar-refractivity contribution < 1.29 is 14.3 Å². The molecule has 0 spiro atoms. The van der Waals surface area contributed by atoms with E-state index in [-0.39, 0.29) is 12.1 Å². The Morgan fingerprint density at radius 1 is 0.410 bits per heavy atom. The largest absolute Gasteiger partial charge is 0.462 e. The lowest BCUT2D eigenvalue weighted by atomic mass is 10.0. The van der Waals surface area contributed by atoms with Crippen LogP contribution in [-0.4, -0.2) is 17.9 Å². The first-order valence-electron chi connectivity index (χ1n) is 17.8. The highest BCUT2D eigenvalue weighted by atomic mass is 16.5. The quantitative estimate of drug-likeness (QED) is 0.0618. The Bertz CT molecular complexity index is 515. The molecule has 1 atom stereocenters. The van der Waals surface area contributed by atoms with Crippen LogP contribution in [0, 0.1) is 0 Å². The summed E-state index contributed by atoms with van der Waals surface area (Å²) in [4.78, 5) is 24.6. The lowest BCUT2D eigenvalue weighted by Gasteiger charge is -2.18. The van der Waals surface area contributed by atoms with E-state index >= 15 is 0 Å². The molecule has 0 aliphatic heterocycles. The van der Waals surface area contributed by atoms with E-state index in [9.17, 15) is 9.59 Å². The number of esters is 1. The minimum atomic E-state index is 0.0146. The second kappa shape index (κ2) is 31.7. The fourth-order valence-electron chi connectivity index (χ4n) is 5.51. The highest BCUT2D eigenvalue weighted by Gasteiger charge is 2.14. The minimum absolute atomic E-state index is 0.0146. The van der Waals surface area contributed by atoms with Crippen molar-refractivity contribution in [2.75, 3.05) is 0 Å². The molecule has 0 radical (unpaired) electrons. The number of unbranched alkanes of at least 4 members (excludes halogenated alkanes) is 21. The first-order valence-corrected chi connectivity index (χ1v) is 17.8. The van der Waals surface area contributed by atoms with Crippen LogP contribution in [0.25, 0.3) is 0 Å². The lowest BCUT2D eigenvalue weighted by molar-refractivity contribution is -0.150. The first-order chi connectivity index (χ1) is 19.1. The van der Waals surface area contributed by atoms with Gasteiger partial charge in [-0.2, -0.15) is 0 Å². The topological polar surface area (TPSA) is 43.4 Å². The molecule has 0 aliphatic carbocycles. The van der Waals surface area contributed by atoms with Crippen LogP contribution in [0.15, 0.2) is 0 Å². The number of Topliss-reactive ketones (excluding diaryl/α,β-unsaturated/α-hetero) is 1. The maximum absolute atomic E-state index is 12.6. The number of rotatable bonds is 32. The van der Waals surface area contributed by atoms with Crippen LogP contribution in [0.4, 0.5) is 0 Å². The molecular formula is C36H70O3. The monoisotopic (exact) mass is 551 g/mol. The number of ether oxygens (including phenoxy) is 1. The van der Waals surface area contributed by atoms with Gasteiger partial charge < -0.3 is 4.74 Å². The standard InChI is InChI=1S/C36H70O3/c1-4-7-10-13-15-17-22-27-32-35(31-26-21-16-14-11-8-5-2)39-36(38)33-28-23-18-20-25-30-34(37)29-24-19-12-9-6-3/h35H,4-33H2,1-3H3. The van der Waals surface area contributed by atoms with E-state index < -0.39 is 0 Å². The van der Waals surface area contributed by atoms with Crippen LogP contribution < -0.4 is 0 Å². The van der Waals surface area contributed by atoms with E-state index in [4.69, 9.17) is 4.74 Å². The summed E-state index contributed by atoms with van der Waals surface area (Å²) in [5.74, 6) is 0.458. The molecule has 0 fully saturated rings. The van der Waals surface area contributed by atoms with Crippen molar-refractivity contribution in [3.63, 3.8) is 0 Å². The Morgan fingerprint density at radius 3 is 1.10 bits per heavy atom. The number of hydrogen-bond donors (Lipinski definition) is 0. The van der Waals surface area contributed by atoms with Crippen LogP contribution in [0.5, 0.6) is 0 Å². The van der Waals surface area contributed by atoms with Gasteiger partial charge >= 0.3 is 5.97 Å². The van der Waals surface area contributed by atoms with E-state index in [0.717, 1.165) is 64.2 Å². The molecule has 0 bridgehead atoms. The third-order valence-electron chi connectivity index (χ3n) is 8.20. The fraction of sp³-hybridized carbons (Fsp3) is 0.944. The molecule has 232 valence electrons. The van der Waals surface area contributed by atoms with Crippen molar-refractivity contribution in [3.05, 3.63) is 0 Å². The Balaban J connectivity index is 4.00. The predicted molar refractivity (Wildman–Crippen MR) is 170 cm³/mol. The van der Waals surface area contributed by atoms with Gasteiger partial charge in [0.2, 0.25) is 0 Å². The van der Waals surface area contributed by atoms with Gasteiger partial charge in [0.25, 0.3) is 0 Å². The summed E-state index contributed by atoms with van der Waals surface area (Å²) in [5.41, 5.74) is 0. The molecule has 0 rings (SSSR count). The number of carbonyl (C=O) groups excluding carboxylic acids is 2. The Kier molecular flexibility index (Phi) is 31.0. The summed E-state index contributed by atoms with van der Waals surface area (Å²) in [7, 11) is 0. The van der Waals surface area contributed by atoms with E-state index in [1.54, 1.807) is 0 Å². The van der Waals surface area contributed by atoms with E-state index in [1.165, 1.54) is 122 Å². The molecule has 3 nitrogen and oxygen atoms in total. The predicted octanol–water partition coefficient (Wildman–Crippen LogP) is 12.2. The van der Waals surface area contributed by atoms with Gasteiger partial charge in [0, 0.05) is 19.3 Å². The van der Waals surface area contributed by atoms with Crippen molar-refractivity contribution in [1.29, 1.82) is 0 Å². The smallest absolute Gasteiger partial charge is 0.306 e. The molecule has 1 unspecified atom stereocenters. The molecule has 0 amide bonds. The van der Waals surface area contributed by atoms with Crippen molar-refractivity contribution >= 4 is 11.8 Å². The first kappa shape index (κ1) is 38.1. The molecule has 39 heavy (non-hydrogen) atoms. The minimum Gasteiger partial charge on any atom is -0.462 e. The van der Waals surface area contributed by atoms with Gasteiger partial charge in [0.05, 0.1) is 0 Å². The second-order valence-electron chi connectivity index (χ2n) is 12.3. The van der Waals surface area contributed by atoms with Gasteiger partial charge in [0.1, 0.15) is 11.9 Å². The SMILES string of the molecule is CCCCCCCCCCC(CCCCCCCCC)OC(=O)CCCCCCCC(=O)CCCCCCC. The number of ketones is 1. The zero-order valence-corrected chi connectivity index (χ0v) is 27.0. The average molecular weight is 551 g/mol. The summed E-state index contributed by atoms with van der Waals surface area (Å²) >= 11 is 0. The van der Waals surface area contributed by atoms with E-state index in [2.05, 4.69) is 20.8 Å². The number of hydrogen-bond acceptors (Lipinski definition) is 3. The van der Waals surface area contributed by atoms with Crippen molar-refractivity contribution in [1.82, 2.24) is 0 Å². The fourth-order valence-corrected chi connectivity index (χ4v) is 5.51. The second-order valence-corrected chi connectivity index (χ2v) is 12.3. The summed E-state index contributed by atoms with van der Waals surface area (Å²) < 4.78 is 5.99. The van der Waals surface area contributed by atoms with Gasteiger partial charge in [-0.05, 0) is 44.9 Å². The summed E-state index contributed by atoms with van der Waals surface area (Å²) in [5, 5.41) is 0. The van der Waals surface area contributed by atoms with E-state index in [1.807, 2.05) is 0 Å². The maximum Gasteiger partial charge on any atom is 0.306 e. The molecule has 0 saturated carbocycles. The lowest BCUT2D eigenvalue weighted by Crippen LogP contribution is -2.18. The highest BCUT2D eigenvalue weighted by Crippen LogP contribution is 2.19. The van der Waals surface area contributed by atoms with Gasteiger partial charge in [-0.25, -0.2) is 0 Å². The van der Waals surface area contributed by atoms with Gasteiger partial charge in [-0.1, -0.05) is 149 Å². The van der Waals surface area contributed by atoms with Crippen LogP contribution >= 0.6 is 0 Å². The molecule has 0 N–H and O–H groups in total. The summed E-state index contributed by atoms with van der Waals surface area (Å²) in [6.07, 6.45) is 35.4. The van der Waals surface area contributed by atoms with E-state index in [0.29, 0.717) is 12.2 Å². The van der Waals surface area contributed by atoms with Gasteiger partial charge in [-0.15, -0.1) is 0 Å². The molecule has 0 heterocycles. The molecule has 0 aromatic heterocycles. The highest BCUT2D eigenvalue weighted by molar-refractivity contribution is 5.78. The number of carbonyl (C=O) groups is 2. The van der Waals surface area contributed by atoms with Crippen molar-refractivity contribution in [2.45, 2.75) is 219 Å². The molecule has 0 aliphatic rings. The van der Waals surface area contributed by atoms with Gasteiger partial charge in [0.15, 0.2) is 0 Å². The zero-order chi connectivity index (χ0) is 28.7. The average Bonchev–Trinajstić information content (AvgIpc) is 2.93. The third-order valence-corrected chi connectivity index (χ3v) is 8.20. The van der Waals surface area contributed by atoms with Gasteiger partial charge in [-0.3, -0.25) is 9.59 Å². The normalized spacial score (nSPS) is 12.1. The molecule has 0 saturated heterocycles. The van der Waals surface area contributed by atoms with Crippen molar-refractivity contribution in [2.24, 2.45) is 0 Å².